The molecule has 3 aromatic rings. The molecule has 4 nitrogen and oxygen atoms in total. The number of para-hydroxylation sites is 1. The molecule has 0 saturated carbocycles. The largest absolute Gasteiger partial charge is 0.457 e. The summed E-state index contributed by atoms with van der Waals surface area (Å²) in [6.07, 6.45) is 0.998. The molecule has 26 heavy (non-hydrogen) atoms. The lowest BCUT2D eigenvalue weighted by molar-refractivity contribution is 0.174. The van der Waals surface area contributed by atoms with Crippen LogP contribution >= 0.6 is 0 Å². The molecule has 1 N–H and O–H groups in total. The number of fused-ring (bicyclic) bond motifs is 2. The Balaban J connectivity index is 1.42. The lowest BCUT2D eigenvalue weighted by Gasteiger charge is -2.27. The fourth-order valence-electron chi connectivity index (χ4n) is 3.60. The van der Waals surface area contributed by atoms with Gasteiger partial charge in [-0.15, -0.1) is 0 Å². The molecule has 0 aromatic heterocycles. The van der Waals surface area contributed by atoms with Gasteiger partial charge in [0.05, 0.1) is 6.04 Å². The van der Waals surface area contributed by atoms with Crippen LogP contribution in [0.25, 0.3) is 0 Å². The van der Waals surface area contributed by atoms with Gasteiger partial charge in [0.1, 0.15) is 11.5 Å². The number of hydrogen-bond donors (Lipinski definition) is 1. The Labute approximate surface area is 152 Å². The van der Waals surface area contributed by atoms with E-state index in [0.29, 0.717) is 6.79 Å². The average molecular weight is 345 g/mol. The summed E-state index contributed by atoms with van der Waals surface area (Å²) in [4.78, 5) is 0. The van der Waals surface area contributed by atoms with Crippen molar-refractivity contribution in [3.63, 3.8) is 0 Å². The van der Waals surface area contributed by atoms with Gasteiger partial charge in [0.15, 0.2) is 11.5 Å². The summed E-state index contributed by atoms with van der Waals surface area (Å²) < 4.78 is 17.0. The lowest BCUT2D eigenvalue weighted by Crippen LogP contribution is -2.30. The topological polar surface area (TPSA) is 39.7 Å². The average Bonchev–Trinajstić information content (AvgIpc) is 3.15. The minimum atomic E-state index is 0.152. The van der Waals surface area contributed by atoms with Crippen molar-refractivity contribution in [3.05, 3.63) is 83.4 Å². The highest BCUT2D eigenvalue weighted by atomic mass is 16.7. The van der Waals surface area contributed by atoms with Crippen LogP contribution in [0.5, 0.6) is 23.0 Å². The predicted molar refractivity (Wildman–Crippen MR) is 99.1 cm³/mol. The van der Waals surface area contributed by atoms with Gasteiger partial charge in [-0.2, -0.15) is 0 Å². The van der Waals surface area contributed by atoms with E-state index in [1.165, 1.54) is 16.7 Å². The van der Waals surface area contributed by atoms with Crippen LogP contribution in [-0.4, -0.2) is 13.3 Å². The summed E-state index contributed by atoms with van der Waals surface area (Å²) in [5.41, 5.74) is 3.80. The maximum Gasteiger partial charge on any atom is 0.231 e. The van der Waals surface area contributed by atoms with E-state index in [2.05, 4.69) is 29.6 Å². The third kappa shape index (κ3) is 2.78. The number of rotatable bonds is 3. The van der Waals surface area contributed by atoms with E-state index >= 15 is 0 Å². The molecule has 0 bridgehead atoms. The van der Waals surface area contributed by atoms with E-state index in [4.69, 9.17) is 14.2 Å². The van der Waals surface area contributed by atoms with Crippen LogP contribution in [0.15, 0.2) is 66.7 Å². The zero-order chi connectivity index (χ0) is 17.3. The zero-order valence-corrected chi connectivity index (χ0v) is 14.3. The van der Waals surface area contributed by atoms with Crippen LogP contribution in [-0.2, 0) is 6.42 Å². The molecule has 1 unspecified atom stereocenters. The first-order valence-electron chi connectivity index (χ1n) is 8.85. The highest BCUT2D eigenvalue weighted by Gasteiger charge is 2.25. The standard InChI is InChI=1S/C22H19NO3/c1-2-4-17(5-3-1)26-18-8-6-15(7-9-18)22-19-13-21-20(24-14-25-21)12-16(19)10-11-23-22/h1-9,12-13,22-23H,10-11,14H2. The van der Waals surface area contributed by atoms with Crippen molar-refractivity contribution in [2.45, 2.75) is 12.5 Å². The molecule has 0 radical (unpaired) electrons. The van der Waals surface area contributed by atoms with Crippen molar-refractivity contribution in [3.8, 4) is 23.0 Å². The van der Waals surface area contributed by atoms with E-state index in [0.717, 1.165) is 36.0 Å². The first-order chi connectivity index (χ1) is 12.9. The molecule has 2 aliphatic heterocycles. The molecule has 3 aromatic carbocycles. The van der Waals surface area contributed by atoms with Crippen molar-refractivity contribution in [1.29, 1.82) is 0 Å². The van der Waals surface area contributed by atoms with E-state index in [1.807, 2.05) is 42.5 Å². The van der Waals surface area contributed by atoms with Crippen molar-refractivity contribution in [2.24, 2.45) is 0 Å². The third-order valence-corrected chi connectivity index (χ3v) is 4.88. The molecule has 0 saturated heterocycles. The van der Waals surface area contributed by atoms with E-state index in [9.17, 15) is 0 Å². The first-order valence-corrected chi connectivity index (χ1v) is 8.85. The summed E-state index contributed by atoms with van der Waals surface area (Å²) in [7, 11) is 0. The summed E-state index contributed by atoms with van der Waals surface area (Å²) in [6.45, 7) is 1.25. The molecular formula is C22H19NO3. The quantitative estimate of drug-likeness (QED) is 0.762. The van der Waals surface area contributed by atoms with Crippen molar-refractivity contribution < 1.29 is 14.2 Å². The molecule has 1 atom stereocenters. The molecular weight excluding hydrogens is 326 g/mol. The molecule has 5 rings (SSSR count). The fraction of sp³-hybridized carbons (Fsp3) is 0.182. The van der Waals surface area contributed by atoms with Gasteiger partial charge in [-0.3, -0.25) is 0 Å². The Morgan fingerprint density at radius 3 is 2.38 bits per heavy atom. The van der Waals surface area contributed by atoms with Gasteiger partial charge in [-0.05, 0) is 59.5 Å². The van der Waals surface area contributed by atoms with Crippen molar-refractivity contribution >= 4 is 0 Å². The van der Waals surface area contributed by atoms with Crippen LogP contribution in [0.1, 0.15) is 22.7 Å². The Morgan fingerprint density at radius 2 is 1.58 bits per heavy atom. The summed E-state index contributed by atoms with van der Waals surface area (Å²) >= 11 is 0. The number of benzene rings is 3. The second kappa shape index (κ2) is 6.39. The van der Waals surface area contributed by atoms with E-state index in [1.54, 1.807) is 0 Å². The van der Waals surface area contributed by atoms with Crippen LogP contribution in [0.4, 0.5) is 0 Å². The SMILES string of the molecule is c1ccc(Oc2ccc(C3NCCc4cc5c(cc43)OCO5)cc2)cc1. The lowest BCUT2D eigenvalue weighted by atomic mass is 9.89. The number of hydrogen-bond acceptors (Lipinski definition) is 4. The zero-order valence-electron chi connectivity index (χ0n) is 14.3. The first kappa shape index (κ1) is 15.3. The summed E-state index contributed by atoms with van der Waals surface area (Å²) in [6, 6.07) is 22.5. The Hall–Kier alpha value is -2.98. The van der Waals surface area contributed by atoms with Gasteiger partial charge in [0.25, 0.3) is 0 Å². The monoisotopic (exact) mass is 345 g/mol. The van der Waals surface area contributed by atoms with Crippen LogP contribution in [0, 0.1) is 0 Å². The molecule has 0 amide bonds. The maximum atomic E-state index is 5.89. The Morgan fingerprint density at radius 1 is 0.846 bits per heavy atom. The predicted octanol–water partition coefficient (Wildman–Crippen LogP) is 4.44. The molecule has 130 valence electrons. The Kier molecular flexibility index (Phi) is 3.76. The van der Waals surface area contributed by atoms with Crippen LogP contribution < -0.4 is 19.5 Å². The van der Waals surface area contributed by atoms with Gasteiger partial charge in [0, 0.05) is 6.54 Å². The normalized spacial score (nSPS) is 17.6. The van der Waals surface area contributed by atoms with Gasteiger partial charge >= 0.3 is 0 Å². The minimum Gasteiger partial charge on any atom is -0.457 e. The fourth-order valence-corrected chi connectivity index (χ4v) is 3.60. The summed E-state index contributed by atoms with van der Waals surface area (Å²) in [5, 5.41) is 3.61. The molecule has 2 aliphatic rings. The van der Waals surface area contributed by atoms with Crippen LogP contribution in [0.3, 0.4) is 0 Å². The molecule has 2 heterocycles. The van der Waals surface area contributed by atoms with Gasteiger partial charge in [0.2, 0.25) is 6.79 Å². The van der Waals surface area contributed by atoms with E-state index in [-0.39, 0.29) is 6.04 Å². The Bertz CT molecular complexity index is 922. The second-order valence-corrected chi connectivity index (χ2v) is 6.53. The molecule has 4 heteroatoms. The highest BCUT2D eigenvalue weighted by Crippen LogP contribution is 2.40. The third-order valence-electron chi connectivity index (χ3n) is 4.88. The second-order valence-electron chi connectivity index (χ2n) is 6.53. The maximum absolute atomic E-state index is 5.89. The van der Waals surface area contributed by atoms with Gasteiger partial charge in [-0.25, -0.2) is 0 Å². The smallest absolute Gasteiger partial charge is 0.231 e. The molecule has 0 spiro atoms. The summed E-state index contributed by atoms with van der Waals surface area (Å²) in [5.74, 6) is 3.37. The van der Waals surface area contributed by atoms with Crippen LogP contribution in [0.2, 0.25) is 0 Å². The van der Waals surface area contributed by atoms with Crippen molar-refractivity contribution in [1.82, 2.24) is 5.32 Å². The molecule has 0 aliphatic carbocycles. The number of ether oxygens (including phenoxy) is 3. The minimum absolute atomic E-state index is 0.152. The van der Waals surface area contributed by atoms with Gasteiger partial charge < -0.3 is 19.5 Å². The molecule has 0 fully saturated rings. The van der Waals surface area contributed by atoms with Crippen molar-refractivity contribution in [2.75, 3.05) is 13.3 Å². The highest BCUT2D eigenvalue weighted by molar-refractivity contribution is 5.52. The van der Waals surface area contributed by atoms with Gasteiger partial charge in [-0.1, -0.05) is 30.3 Å². The number of nitrogens with one attached hydrogen (secondary N) is 1. The van der Waals surface area contributed by atoms with E-state index < -0.39 is 0 Å².